The number of alkyl halides is 1. The van der Waals surface area contributed by atoms with Crippen molar-refractivity contribution in [1.29, 1.82) is 0 Å². The van der Waals surface area contributed by atoms with E-state index in [2.05, 4.69) is 30.4 Å². The number of fused-ring (bicyclic) bond motifs is 1. The fraction of sp³-hybridized carbons (Fsp3) is 0.688. The Morgan fingerprint density at radius 1 is 1.20 bits per heavy atom. The molecule has 1 aromatic rings. The molecule has 3 aliphatic heterocycles. The van der Waals surface area contributed by atoms with Crippen LogP contribution in [-0.4, -0.2) is 65.5 Å². The molecule has 5 atom stereocenters. The summed E-state index contributed by atoms with van der Waals surface area (Å²) in [6, 6.07) is -0.441. The molecule has 2 N–H and O–H groups in total. The number of aromatic nitrogens is 2. The molecule has 1 amide bonds. The van der Waals surface area contributed by atoms with Crippen LogP contribution < -0.4 is 15.5 Å². The van der Waals surface area contributed by atoms with E-state index in [0.29, 0.717) is 24.2 Å². The Hall–Kier alpha value is -1.87. The van der Waals surface area contributed by atoms with E-state index in [0.717, 1.165) is 26.2 Å². The fourth-order valence-corrected chi connectivity index (χ4v) is 4.12. The Morgan fingerprint density at radius 3 is 2.44 bits per heavy atom. The van der Waals surface area contributed by atoms with Crippen LogP contribution in [0.3, 0.4) is 0 Å². The highest BCUT2D eigenvalue weighted by molar-refractivity contribution is 5.82. The minimum Gasteiger partial charge on any atom is -0.340 e. The van der Waals surface area contributed by atoms with Crippen molar-refractivity contribution in [3.05, 3.63) is 18.2 Å². The molecule has 9 heteroatoms. The maximum Gasteiger partial charge on any atom is 0.258 e. The second-order valence-corrected chi connectivity index (χ2v) is 7.07. The summed E-state index contributed by atoms with van der Waals surface area (Å²) in [7, 11) is 0. The summed E-state index contributed by atoms with van der Waals surface area (Å²) < 4.78 is 26.8. The fourth-order valence-electron chi connectivity index (χ4n) is 4.12. The first-order valence-electron chi connectivity index (χ1n) is 8.72. The smallest absolute Gasteiger partial charge is 0.258 e. The van der Waals surface area contributed by atoms with Gasteiger partial charge in [0.15, 0.2) is 12.0 Å². The van der Waals surface area contributed by atoms with Crippen LogP contribution in [-0.2, 0) is 4.79 Å². The van der Waals surface area contributed by atoms with Crippen LogP contribution in [0.2, 0.25) is 0 Å². The maximum absolute atomic E-state index is 13.9. The molecular formula is C16H22F2N6O. The lowest BCUT2D eigenvalue weighted by molar-refractivity contribution is -0.133. The van der Waals surface area contributed by atoms with Crippen molar-refractivity contribution < 1.29 is 13.6 Å². The SMILES string of the molecule is CCC1NC(N2CC3CN(c4ncc(F)cn4)CC3C2)NC(=O)C1F. The normalized spacial score (nSPS) is 35.7. The molecule has 0 radical (unpaired) electrons. The third kappa shape index (κ3) is 3.06. The van der Waals surface area contributed by atoms with Gasteiger partial charge in [-0.3, -0.25) is 15.0 Å². The number of hydrogen-bond donors (Lipinski definition) is 2. The summed E-state index contributed by atoms with van der Waals surface area (Å²) in [4.78, 5) is 24.2. The first kappa shape index (κ1) is 16.6. The van der Waals surface area contributed by atoms with Crippen LogP contribution in [0.1, 0.15) is 13.3 Å². The van der Waals surface area contributed by atoms with Gasteiger partial charge >= 0.3 is 0 Å². The summed E-state index contributed by atoms with van der Waals surface area (Å²) >= 11 is 0. The lowest BCUT2D eigenvalue weighted by Crippen LogP contribution is -2.67. The molecule has 0 spiro atoms. The number of carbonyl (C=O) groups excluding carboxylic acids is 1. The summed E-state index contributed by atoms with van der Waals surface area (Å²) in [5, 5.41) is 5.93. The third-order valence-corrected chi connectivity index (χ3v) is 5.46. The molecule has 25 heavy (non-hydrogen) atoms. The van der Waals surface area contributed by atoms with Crippen molar-refractivity contribution in [3.63, 3.8) is 0 Å². The number of likely N-dealkylation sites (tertiary alicyclic amines) is 1. The van der Waals surface area contributed by atoms with Crippen LogP contribution in [0.4, 0.5) is 14.7 Å². The highest BCUT2D eigenvalue weighted by atomic mass is 19.1. The Morgan fingerprint density at radius 2 is 1.84 bits per heavy atom. The van der Waals surface area contributed by atoms with E-state index >= 15 is 0 Å². The van der Waals surface area contributed by atoms with Crippen LogP contribution in [0.25, 0.3) is 0 Å². The van der Waals surface area contributed by atoms with Gasteiger partial charge in [0.2, 0.25) is 5.95 Å². The molecule has 0 aliphatic carbocycles. The summed E-state index contributed by atoms with van der Waals surface area (Å²) in [5.74, 6) is 0.433. The molecule has 0 bridgehead atoms. The van der Waals surface area contributed by atoms with Crippen molar-refractivity contribution in [1.82, 2.24) is 25.5 Å². The van der Waals surface area contributed by atoms with Crippen molar-refractivity contribution in [2.45, 2.75) is 31.8 Å². The first-order chi connectivity index (χ1) is 12.0. The Labute approximate surface area is 144 Å². The van der Waals surface area contributed by atoms with E-state index in [4.69, 9.17) is 0 Å². The number of halogens is 2. The predicted octanol–water partition coefficient (Wildman–Crippen LogP) is 0.103. The molecule has 1 aromatic heterocycles. The monoisotopic (exact) mass is 352 g/mol. The van der Waals surface area contributed by atoms with E-state index in [1.54, 1.807) is 0 Å². The number of nitrogens with one attached hydrogen (secondary N) is 2. The lowest BCUT2D eigenvalue weighted by atomic mass is 10.0. The van der Waals surface area contributed by atoms with Crippen LogP contribution in [0.15, 0.2) is 12.4 Å². The minimum atomic E-state index is -1.49. The van der Waals surface area contributed by atoms with Crippen molar-refractivity contribution >= 4 is 11.9 Å². The second-order valence-electron chi connectivity index (χ2n) is 7.07. The highest BCUT2D eigenvalue weighted by Crippen LogP contribution is 2.33. The topological polar surface area (TPSA) is 73.4 Å². The second kappa shape index (κ2) is 6.45. The summed E-state index contributed by atoms with van der Waals surface area (Å²) in [6.45, 7) is 5.10. The molecule has 3 saturated heterocycles. The maximum atomic E-state index is 13.9. The van der Waals surface area contributed by atoms with E-state index in [1.165, 1.54) is 12.4 Å². The largest absolute Gasteiger partial charge is 0.340 e. The van der Waals surface area contributed by atoms with Gasteiger partial charge in [0, 0.05) is 26.2 Å². The summed E-state index contributed by atoms with van der Waals surface area (Å²) in [6.07, 6.45) is 1.13. The van der Waals surface area contributed by atoms with Gasteiger partial charge in [-0.15, -0.1) is 0 Å². The molecule has 0 aromatic carbocycles. The number of anilines is 1. The van der Waals surface area contributed by atoms with E-state index in [1.807, 2.05) is 6.92 Å². The predicted molar refractivity (Wildman–Crippen MR) is 86.8 cm³/mol. The van der Waals surface area contributed by atoms with E-state index in [-0.39, 0.29) is 6.29 Å². The van der Waals surface area contributed by atoms with Crippen LogP contribution >= 0.6 is 0 Å². The van der Waals surface area contributed by atoms with Crippen molar-refractivity contribution in [3.8, 4) is 0 Å². The Balaban J connectivity index is 1.38. The molecule has 5 unspecified atom stereocenters. The van der Waals surface area contributed by atoms with Gasteiger partial charge in [0.25, 0.3) is 5.91 Å². The number of hydrogen-bond acceptors (Lipinski definition) is 6. The molecular weight excluding hydrogens is 330 g/mol. The van der Waals surface area contributed by atoms with Gasteiger partial charge in [-0.25, -0.2) is 18.7 Å². The van der Waals surface area contributed by atoms with E-state index < -0.39 is 23.9 Å². The molecule has 136 valence electrons. The Bertz CT molecular complexity index is 630. The molecule has 3 aliphatic rings. The van der Waals surface area contributed by atoms with Crippen molar-refractivity contribution in [2.75, 3.05) is 31.1 Å². The number of amides is 1. The minimum absolute atomic E-state index is 0.314. The summed E-state index contributed by atoms with van der Waals surface area (Å²) in [5.41, 5.74) is 0. The third-order valence-electron chi connectivity index (χ3n) is 5.46. The van der Waals surface area contributed by atoms with Gasteiger partial charge in [0.05, 0.1) is 18.4 Å². The zero-order valence-corrected chi connectivity index (χ0v) is 14.0. The van der Waals surface area contributed by atoms with Crippen LogP contribution in [0.5, 0.6) is 0 Å². The van der Waals surface area contributed by atoms with Crippen LogP contribution in [0, 0.1) is 17.7 Å². The zero-order valence-electron chi connectivity index (χ0n) is 14.0. The number of rotatable bonds is 3. The average molecular weight is 352 g/mol. The zero-order chi connectivity index (χ0) is 17.6. The lowest BCUT2D eigenvalue weighted by Gasteiger charge is -2.38. The standard InChI is InChI=1S/C16H22F2N6O/c1-2-12-13(18)14(25)22-16(21-12)24-7-9-5-23(6-10(9)8-24)15-19-3-11(17)4-20-15/h3-4,9-10,12-13,16,21H,2,5-8H2,1H3,(H,22,25). The number of nitrogens with zero attached hydrogens (tertiary/aromatic N) is 4. The van der Waals surface area contributed by atoms with E-state index in [9.17, 15) is 13.6 Å². The molecule has 3 fully saturated rings. The quantitative estimate of drug-likeness (QED) is 0.804. The van der Waals surface area contributed by atoms with Gasteiger partial charge in [-0.05, 0) is 18.3 Å². The van der Waals surface area contributed by atoms with Gasteiger partial charge in [-0.1, -0.05) is 6.92 Å². The van der Waals surface area contributed by atoms with Crippen molar-refractivity contribution in [2.24, 2.45) is 11.8 Å². The molecule has 4 heterocycles. The van der Waals surface area contributed by atoms with Gasteiger partial charge < -0.3 is 10.2 Å². The van der Waals surface area contributed by atoms with Gasteiger partial charge in [0.1, 0.15) is 6.29 Å². The number of carbonyl (C=O) groups is 1. The first-order valence-corrected chi connectivity index (χ1v) is 8.72. The average Bonchev–Trinajstić information content (AvgIpc) is 3.17. The molecule has 4 rings (SSSR count). The van der Waals surface area contributed by atoms with Gasteiger partial charge in [-0.2, -0.15) is 0 Å². The Kier molecular flexibility index (Phi) is 4.28. The highest BCUT2D eigenvalue weighted by Gasteiger charge is 2.45. The molecule has 7 nitrogen and oxygen atoms in total. The molecule has 0 saturated carbocycles.